The van der Waals surface area contributed by atoms with Crippen LogP contribution in [0.3, 0.4) is 0 Å². The van der Waals surface area contributed by atoms with Gasteiger partial charge >= 0.3 is 0 Å². The molecule has 98 valence electrons. The smallest absolute Gasteiger partial charge is 0.137 e. The van der Waals surface area contributed by atoms with E-state index in [9.17, 15) is 4.39 Å². The molecule has 0 aliphatic rings. The van der Waals surface area contributed by atoms with Gasteiger partial charge in [0.25, 0.3) is 0 Å². The Kier molecular flexibility index (Phi) is 4.50. The summed E-state index contributed by atoms with van der Waals surface area (Å²) in [7, 11) is 0. The fraction of sp³-hybridized carbons (Fsp3) is 0.0714. The van der Waals surface area contributed by atoms with Crippen LogP contribution in [0.25, 0.3) is 0 Å². The first-order valence-electron chi connectivity index (χ1n) is 5.53. The summed E-state index contributed by atoms with van der Waals surface area (Å²) in [6.45, 7) is 0.325. The van der Waals surface area contributed by atoms with Gasteiger partial charge < -0.3 is 10.5 Å². The first-order chi connectivity index (χ1) is 9.08. The minimum Gasteiger partial charge on any atom is -0.489 e. The molecule has 0 fully saturated rings. The average molecular weight is 340 g/mol. The molecule has 0 amide bonds. The van der Waals surface area contributed by atoms with Crippen molar-refractivity contribution in [3.63, 3.8) is 0 Å². The molecule has 2 aromatic rings. The Morgan fingerprint density at radius 1 is 1.26 bits per heavy atom. The third-order valence-corrected chi connectivity index (χ3v) is 3.40. The van der Waals surface area contributed by atoms with Gasteiger partial charge in [0.1, 0.15) is 23.2 Å². The highest BCUT2D eigenvalue weighted by atomic mass is 79.9. The van der Waals surface area contributed by atoms with Gasteiger partial charge in [0.15, 0.2) is 0 Å². The Labute approximate surface area is 124 Å². The van der Waals surface area contributed by atoms with Gasteiger partial charge in [0.05, 0.1) is 4.47 Å². The maximum absolute atomic E-state index is 13.1. The van der Waals surface area contributed by atoms with Crippen molar-refractivity contribution in [3.8, 4) is 5.75 Å². The molecule has 0 aromatic heterocycles. The van der Waals surface area contributed by atoms with Gasteiger partial charge in [0.2, 0.25) is 0 Å². The fourth-order valence-electron chi connectivity index (χ4n) is 1.61. The van der Waals surface area contributed by atoms with Crippen LogP contribution in [-0.2, 0) is 6.61 Å². The molecular formula is C14H11BrFNOS. The number of halogens is 2. The Morgan fingerprint density at radius 2 is 2.00 bits per heavy atom. The highest BCUT2D eigenvalue weighted by Crippen LogP contribution is 2.22. The van der Waals surface area contributed by atoms with E-state index in [-0.39, 0.29) is 5.82 Å². The number of hydrogen-bond donors (Lipinski definition) is 1. The maximum Gasteiger partial charge on any atom is 0.137 e. The predicted octanol–water partition coefficient (Wildman–Crippen LogP) is 3.80. The van der Waals surface area contributed by atoms with Gasteiger partial charge in [0, 0.05) is 5.56 Å². The largest absolute Gasteiger partial charge is 0.489 e. The number of nitrogens with two attached hydrogens (primary N) is 1. The monoisotopic (exact) mass is 339 g/mol. The Bertz CT molecular complexity index is 618. The summed E-state index contributed by atoms with van der Waals surface area (Å²) >= 11 is 8.10. The van der Waals surface area contributed by atoms with Crippen LogP contribution in [0.2, 0.25) is 0 Å². The number of hydrogen-bond acceptors (Lipinski definition) is 2. The molecule has 0 aliphatic heterocycles. The first-order valence-corrected chi connectivity index (χ1v) is 6.73. The molecule has 0 spiro atoms. The summed E-state index contributed by atoms with van der Waals surface area (Å²) in [6.07, 6.45) is 0. The van der Waals surface area contributed by atoms with Crippen molar-refractivity contribution in [1.82, 2.24) is 0 Å². The fourth-order valence-corrected chi connectivity index (χ4v) is 2.17. The summed E-state index contributed by atoms with van der Waals surface area (Å²) in [6, 6.07) is 12.0. The Balaban J connectivity index is 2.14. The minimum absolute atomic E-state index is 0.323. The highest BCUT2D eigenvalue weighted by molar-refractivity contribution is 9.10. The second-order valence-electron chi connectivity index (χ2n) is 3.89. The van der Waals surface area contributed by atoms with Crippen LogP contribution in [0.15, 0.2) is 46.9 Å². The quantitative estimate of drug-likeness (QED) is 0.860. The topological polar surface area (TPSA) is 35.2 Å². The lowest BCUT2D eigenvalue weighted by Gasteiger charge is -2.10. The van der Waals surface area contributed by atoms with E-state index in [4.69, 9.17) is 22.7 Å². The van der Waals surface area contributed by atoms with Crippen molar-refractivity contribution in [2.75, 3.05) is 0 Å². The van der Waals surface area contributed by atoms with Gasteiger partial charge in [-0.1, -0.05) is 36.5 Å². The number of rotatable bonds is 4. The van der Waals surface area contributed by atoms with Crippen molar-refractivity contribution in [3.05, 3.63) is 63.9 Å². The van der Waals surface area contributed by atoms with E-state index in [1.54, 1.807) is 12.1 Å². The van der Waals surface area contributed by atoms with E-state index >= 15 is 0 Å². The van der Waals surface area contributed by atoms with Gasteiger partial charge in [-0.15, -0.1) is 0 Å². The minimum atomic E-state index is -0.323. The Hall–Kier alpha value is -1.46. The van der Waals surface area contributed by atoms with Gasteiger partial charge in [-0.3, -0.25) is 0 Å². The van der Waals surface area contributed by atoms with Crippen molar-refractivity contribution in [1.29, 1.82) is 0 Å². The summed E-state index contributed by atoms with van der Waals surface area (Å²) < 4.78 is 19.1. The standard InChI is InChI=1S/C14H11BrFNOS/c15-12-7-10(5-6-13(12)16)18-8-9-3-1-2-4-11(9)14(17)19/h1-7H,8H2,(H2,17,19). The van der Waals surface area contributed by atoms with E-state index in [0.717, 1.165) is 11.1 Å². The van der Waals surface area contributed by atoms with E-state index in [1.807, 2.05) is 24.3 Å². The van der Waals surface area contributed by atoms with Crippen molar-refractivity contribution in [2.24, 2.45) is 5.73 Å². The highest BCUT2D eigenvalue weighted by Gasteiger charge is 2.06. The van der Waals surface area contributed by atoms with Gasteiger partial charge in [-0.05, 0) is 39.7 Å². The summed E-state index contributed by atoms with van der Waals surface area (Å²) in [5.41, 5.74) is 7.34. The number of benzene rings is 2. The molecule has 2 rings (SSSR count). The van der Waals surface area contributed by atoms with Crippen LogP contribution in [0, 0.1) is 5.82 Å². The SMILES string of the molecule is NC(=S)c1ccccc1COc1ccc(F)c(Br)c1. The van der Waals surface area contributed by atoms with E-state index in [2.05, 4.69) is 15.9 Å². The molecule has 0 unspecified atom stereocenters. The zero-order valence-corrected chi connectivity index (χ0v) is 12.3. The maximum atomic E-state index is 13.1. The molecule has 5 heteroatoms. The molecule has 2 N–H and O–H groups in total. The zero-order chi connectivity index (χ0) is 13.8. The average Bonchev–Trinajstić information content (AvgIpc) is 2.40. The second kappa shape index (κ2) is 6.12. The lowest BCUT2D eigenvalue weighted by atomic mass is 10.1. The molecule has 0 saturated heterocycles. The van der Waals surface area contributed by atoms with Crippen LogP contribution in [0.5, 0.6) is 5.75 Å². The molecule has 0 radical (unpaired) electrons. The molecule has 0 heterocycles. The van der Waals surface area contributed by atoms with Gasteiger partial charge in [-0.25, -0.2) is 4.39 Å². The Morgan fingerprint density at radius 3 is 2.68 bits per heavy atom. The van der Waals surface area contributed by atoms with E-state index in [0.29, 0.717) is 21.8 Å². The van der Waals surface area contributed by atoms with Crippen LogP contribution in [0.4, 0.5) is 4.39 Å². The van der Waals surface area contributed by atoms with Crippen molar-refractivity contribution >= 4 is 33.1 Å². The van der Waals surface area contributed by atoms with Crippen molar-refractivity contribution in [2.45, 2.75) is 6.61 Å². The predicted molar refractivity (Wildman–Crippen MR) is 80.8 cm³/mol. The van der Waals surface area contributed by atoms with E-state index in [1.165, 1.54) is 6.07 Å². The van der Waals surface area contributed by atoms with Gasteiger partial charge in [-0.2, -0.15) is 0 Å². The first kappa shape index (κ1) is 14.0. The molecule has 19 heavy (non-hydrogen) atoms. The molecule has 0 aliphatic carbocycles. The molecule has 2 aromatic carbocycles. The summed E-state index contributed by atoms with van der Waals surface area (Å²) in [5.74, 6) is 0.252. The lowest BCUT2D eigenvalue weighted by molar-refractivity contribution is 0.305. The molecule has 0 atom stereocenters. The lowest BCUT2D eigenvalue weighted by Crippen LogP contribution is -2.13. The van der Waals surface area contributed by atoms with Crippen LogP contribution in [0.1, 0.15) is 11.1 Å². The summed E-state index contributed by atoms with van der Waals surface area (Å²) in [4.78, 5) is 0.333. The summed E-state index contributed by atoms with van der Waals surface area (Å²) in [5, 5.41) is 0. The number of ether oxygens (including phenoxy) is 1. The number of thiocarbonyl (C=S) groups is 1. The van der Waals surface area contributed by atoms with E-state index < -0.39 is 0 Å². The third kappa shape index (κ3) is 3.52. The van der Waals surface area contributed by atoms with Crippen LogP contribution in [-0.4, -0.2) is 4.99 Å². The van der Waals surface area contributed by atoms with Crippen LogP contribution < -0.4 is 10.5 Å². The molecule has 0 bridgehead atoms. The second-order valence-corrected chi connectivity index (χ2v) is 5.18. The normalized spacial score (nSPS) is 10.2. The van der Waals surface area contributed by atoms with Crippen LogP contribution >= 0.6 is 28.1 Å². The third-order valence-electron chi connectivity index (χ3n) is 2.57. The van der Waals surface area contributed by atoms with Crippen molar-refractivity contribution < 1.29 is 9.13 Å². The zero-order valence-electron chi connectivity index (χ0n) is 9.90. The molecule has 2 nitrogen and oxygen atoms in total. The molecule has 0 saturated carbocycles. The molecular weight excluding hydrogens is 329 g/mol.